The lowest BCUT2D eigenvalue weighted by atomic mass is 10.2. The Morgan fingerprint density at radius 2 is 2.05 bits per heavy atom. The number of hydrogen-bond donors (Lipinski definition) is 2. The Morgan fingerprint density at radius 3 is 2.70 bits per heavy atom. The first-order valence-electron chi connectivity index (χ1n) is 5.90. The van der Waals surface area contributed by atoms with Crippen molar-refractivity contribution in [1.29, 1.82) is 0 Å². The van der Waals surface area contributed by atoms with E-state index in [1.165, 1.54) is 6.20 Å². The van der Waals surface area contributed by atoms with Gasteiger partial charge in [0.25, 0.3) is 10.0 Å². The predicted octanol–water partition coefficient (Wildman–Crippen LogP) is 2.26. The normalized spacial score (nSPS) is 11.3. The molecule has 0 bridgehead atoms. The van der Waals surface area contributed by atoms with Crippen LogP contribution in [0, 0.1) is 0 Å². The minimum absolute atomic E-state index is 0.0394. The lowest BCUT2D eigenvalue weighted by Crippen LogP contribution is -2.15. The molecule has 0 fully saturated rings. The number of halogens is 1. The molecule has 1 heterocycles. The molecule has 20 heavy (non-hydrogen) atoms. The molecular weight excluding hydrogens is 298 g/mol. The van der Waals surface area contributed by atoms with Gasteiger partial charge in [0, 0.05) is 12.7 Å². The largest absolute Gasteiger partial charge is 0.316 e. The zero-order valence-electron chi connectivity index (χ0n) is 10.8. The summed E-state index contributed by atoms with van der Waals surface area (Å²) >= 11 is 5.99. The Hall–Kier alpha value is -1.63. The summed E-state index contributed by atoms with van der Waals surface area (Å²) < 4.78 is 27.0. The zero-order chi connectivity index (χ0) is 14.6. The number of anilines is 1. The average Bonchev–Trinajstić information content (AvgIpc) is 2.42. The molecule has 2 rings (SSSR count). The minimum atomic E-state index is -3.76. The van der Waals surface area contributed by atoms with Crippen molar-refractivity contribution in [2.24, 2.45) is 0 Å². The van der Waals surface area contributed by atoms with Gasteiger partial charge in [-0.25, -0.2) is 13.4 Å². The lowest BCUT2D eigenvalue weighted by molar-refractivity contribution is 0.601. The molecule has 1 aromatic carbocycles. The van der Waals surface area contributed by atoms with Gasteiger partial charge in [0.05, 0.1) is 5.02 Å². The van der Waals surface area contributed by atoms with E-state index in [0.29, 0.717) is 6.54 Å². The topological polar surface area (TPSA) is 71.1 Å². The smallest absolute Gasteiger partial charge is 0.264 e. The van der Waals surface area contributed by atoms with Crippen LogP contribution < -0.4 is 10.0 Å². The van der Waals surface area contributed by atoms with Gasteiger partial charge < -0.3 is 5.32 Å². The van der Waals surface area contributed by atoms with Gasteiger partial charge in [-0.1, -0.05) is 23.7 Å². The number of rotatable bonds is 5. The molecule has 0 saturated carbocycles. The van der Waals surface area contributed by atoms with Crippen molar-refractivity contribution in [3.8, 4) is 0 Å². The van der Waals surface area contributed by atoms with Crippen LogP contribution in [-0.2, 0) is 16.6 Å². The van der Waals surface area contributed by atoms with Crippen molar-refractivity contribution in [3.05, 3.63) is 53.2 Å². The first kappa shape index (κ1) is 14.8. The third-order valence-corrected chi connectivity index (χ3v) is 4.41. The fourth-order valence-electron chi connectivity index (χ4n) is 1.68. The highest BCUT2D eigenvalue weighted by molar-refractivity contribution is 7.92. The van der Waals surface area contributed by atoms with Crippen LogP contribution in [0.15, 0.2) is 47.5 Å². The van der Waals surface area contributed by atoms with E-state index < -0.39 is 10.0 Å². The van der Waals surface area contributed by atoms with Crippen LogP contribution in [0.4, 0.5) is 5.82 Å². The SMILES string of the molecule is CNCc1ccc(Cl)c(S(=O)(=O)Nc2ccccn2)c1. The van der Waals surface area contributed by atoms with E-state index in [0.717, 1.165) is 5.56 Å². The van der Waals surface area contributed by atoms with Gasteiger partial charge in [0.1, 0.15) is 10.7 Å². The number of hydrogen-bond acceptors (Lipinski definition) is 4. The van der Waals surface area contributed by atoms with E-state index in [2.05, 4.69) is 15.0 Å². The van der Waals surface area contributed by atoms with Crippen molar-refractivity contribution >= 4 is 27.4 Å². The molecule has 0 unspecified atom stereocenters. The highest BCUT2D eigenvalue weighted by Crippen LogP contribution is 2.24. The fraction of sp³-hybridized carbons (Fsp3) is 0.154. The summed E-state index contributed by atoms with van der Waals surface area (Å²) in [5, 5.41) is 3.14. The second kappa shape index (κ2) is 6.21. The Bertz CT molecular complexity index is 690. The number of nitrogens with zero attached hydrogens (tertiary/aromatic N) is 1. The molecule has 0 amide bonds. The molecule has 2 aromatic rings. The maximum Gasteiger partial charge on any atom is 0.264 e. The van der Waals surface area contributed by atoms with Crippen LogP contribution in [-0.4, -0.2) is 20.4 Å². The summed E-state index contributed by atoms with van der Waals surface area (Å²) in [5.74, 6) is 0.252. The Labute approximate surface area is 123 Å². The van der Waals surface area contributed by atoms with Crippen molar-refractivity contribution in [2.45, 2.75) is 11.4 Å². The molecule has 0 aliphatic heterocycles. The van der Waals surface area contributed by atoms with Gasteiger partial charge in [0.2, 0.25) is 0 Å². The van der Waals surface area contributed by atoms with Gasteiger partial charge in [-0.15, -0.1) is 0 Å². The van der Waals surface area contributed by atoms with E-state index in [4.69, 9.17) is 11.6 Å². The number of aromatic nitrogens is 1. The summed E-state index contributed by atoms with van der Waals surface area (Å²) in [6, 6.07) is 9.87. The standard InChI is InChI=1S/C13H14ClN3O2S/c1-15-9-10-5-6-11(14)12(8-10)20(18,19)17-13-4-2-3-7-16-13/h2-8,15H,9H2,1H3,(H,16,17). The molecule has 2 N–H and O–H groups in total. The summed E-state index contributed by atoms with van der Waals surface area (Å²) in [7, 11) is -1.97. The van der Waals surface area contributed by atoms with E-state index in [1.807, 2.05) is 0 Å². The van der Waals surface area contributed by atoms with Crippen LogP contribution in [0.25, 0.3) is 0 Å². The molecule has 0 saturated heterocycles. The first-order chi connectivity index (χ1) is 9.53. The van der Waals surface area contributed by atoms with Crippen molar-refractivity contribution in [1.82, 2.24) is 10.3 Å². The van der Waals surface area contributed by atoms with E-state index in [1.54, 1.807) is 43.4 Å². The second-order valence-electron chi connectivity index (χ2n) is 4.12. The number of nitrogens with one attached hydrogen (secondary N) is 2. The maximum atomic E-state index is 12.3. The molecule has 0 aliphatic rings. The van der Waals surface area contributed by atoms with Gasteiger partial charge in [-0.3, -0.25) is 4.72 Å². The van der Waals surface area contributed by atoms with Crippen LogP contribution in [0.5, 0.6) is 0 Å². The van der Waals surface area contributed by atoms with E-state index in [-0.39, 0.29) is 15.7 Å². The quantitative estimate of drug-likeness (QED) is 0.888. The predicted molar refractivity (Wildman–Crippen MR) is 79.3 cm³/mol. The second-order valence-corrected chi connectivity index (χ2v) is 6.17. The van der Waals surface area contributed by atoms with Crippen LogP contribution in [0.3, 0.4) is 0 Å². The highest BCUT2D eigenvalue weighted by atomic mass is 35.5. The Balaban J connectivity index is 2.36. The van der Waals surface area contributed by atoms with Crippen molar-refractivity contribution in [2.75, 3.05) is 11.8 Å². The summed E-state index contributed by atoms with van der Waals surface area (Å²) in [4.78, 5) is 3.97. The minimum Gasteiger partial charge on any atom is -0.316 e. The van der Waals surface area contributed by atoms with Gasteiger partial charge >= 0.3 is 0 Å². The highest BCUT2D eigenvalue weighted by Gasteiger charge is 2.19. The summed E-state index contributed by atoms with van der Waals surface area (Å²) in [6.07, 6.45) is 1.51. The monoisotopic (exact) mass is 311 g/mol. The van der Waals surface area contributed by atoms with Crippen molar-refractivity contribution < 1.29 is 8.42 Å². The van der Waals surface area contributed by atoms with Crippen LogP contribution >= 0.6 is 11.6 Å². The number of benzene rings is 1. The Morgan fingerprint density at radius 1 is 1.25 bits per heavy atom. The molecular formula is C13H14ClN3O2S. The third-order valence-electron chi connectivity index (χ3n) is 2.57. The fourth-order valence-corrected chi connectivity index (χ4v) is 3.24. The van der Waals surface area contributed by atoms with E-state index in [9.17, 15) is 8.42 Å². The summed E-state index contributed by atoms with van der Waals surface area (Å²) in [6.45, 7) is 0.559. The molecule has 5 nitrogen and oxygen atoms in total. The first-order valence-corrected chi connectivity index (χ1v) is 7.76. The molecule has 0 radical (unpaired) electrons. The summed E-state index contributed by atoms with van der Waals surface area (Å²) in [5.41, 5.74) is 0.832. The molecule has 7 heteroatoms. The molecule has 0 spiro atoms. The third kappa shape index (κ3) is 3.47. The number of pyridine rings is 1. The molecule has 0 atom stereocenters. The van der Waals surface area contributed by atoms with Gasteiger partial charge in [-0.2, -0.15) is 0 Å². The molecule has 1 aromatic heterocycles. The van der Waals surface area contributed by atoms with Gasteiger partial charge in [-0.05, 0) is 36.9 Å². The molecule has 0 aliphatic carbocycles. The number of sulfonamides is 1. The van der Waals surface area contributed by atoms with Gasteiger partial charge in [0.15, 0.2) is 0 Å². The lowest BCUT2D eigenvalue weighted by Gasteiger charge is -2.10. The van der Waals surface area contributed by atoms with Crippen molar-refractivity contribution in [3.63, 3.8) is 0 Å². The average molecular weight is 312 g/mol. The van der Waals surface area contributed by atoms with E-state index >= 15 is 0 Å². The van der Waals surface area contributed by atoms with Crippen LogP contribution in [0.2, 0.25) is 5.02 Å². The molecule has 106 valence electrons. The maximum absolute atomic E-state index is 12.3. The van der Waals surface area contributed by atoms with Crippen LogP contribution in [0.1, 0.15) is 5.56 Å². The Kier molecular flexibility index (Phi) is 4.59. The zero-order valence-corrected chi connectivity index (χ0v) is 12.4.